The molecule has 172 valence electrons. The van der Waals surface area contributed by atoms with E-state index in [2.05, 4.69) is 43.6 Å². The van der Waals surface area contributed by atoms with Crippen LogP contribution in [0.4, 0.5) is 10.1 Å². The fourth-order valence-corrected chi connectivity index (χ4v) is 4.53. The molecule has 0 spiro atoms. The molecule has 2 aromatic carbocycles. The minimum Gasteiger partial charge on any atom is -0.497 e. The van der Waals surface area contributed by atoms with Crippen LogP contribution in [-0.4, -0.2) is 48.5 Å². The van der Waals surface area contributed by atoms with Crippen molar-refractivity contribution in [2.24, 2.45) is 0 Å². The zero-order chi connectivity index (χ0) is 23.7. The molecule has 0 amide bonds. The summed E-state index contributed by atoms with van der Waals surface area (Å²) in [7, 11) is 1.50. The molecule has 34 heavy (non-hydrogen) atoms. The Morgan fingerprint density at radius 2 is 1.91 bits per heavy atom. The number of aromatic amines is 1. The number of fused-ring (bicyclic) bond motifs is 1. The lowest BCUT2D eigenvalue weighted by molar-refractivity contribution is 0.411. The van der Waals surface area contributed by atoms with E-state index in [1.165, 1.54) is 13.2 Å². The zero-order valence-corrected chi connectivity index (χ0v) is 19.2. The molecule has 0 atom stereocenters. The van der Waals surface area contributed by atoms with Crippen LogP contribution in [0.15, 0.2) is 42.5 Å². The van der Waals surface area contributed by atoms with E-state index in [0.29, 0.717) is 28.2 Å². The van der Waals surface area contributed by atoms with Crippen molar-refractivity contribution in [1.82, 2.24) is 20.5 Å². The van der Waals surface area contributed by atoms with Crippen molar-refractivity contribution >= 4 is 16.7 Å². The minimum absolute atomic E-state index is 0.173. The maximum absolute atomic E-state index is 14.7. The highest BCUT2D eigenvalue weighted by molar-refractivity contribution is 5.98. The lowest BCUT2D eigenvalue weighted by atomic mass is 9.93. The van der Waals surface area contributed by atoms with Crippen LogP contribution < -0.4 is 15.0 Å². The molecular weight excluding hydrogens is 431 g/mol. The van der Waals surface area contributed by atoms with E-state index in [0.717, 1.165) is 54.1 Å². The van der Waals surface area contributed by atoms with Crippen LogP contribution >= 0.6 is 0 Å². The summed E-state index contributed by atoms with van der Waals surface area (Å²) >= 11 is 0. The SMILES string of the molecule is COc1ccc(Cc2nc3n[nH]c(C)c3c(-c3ccc(N4CCNCC4)cc3)c2C#N)c(F)c1. The van der Waals surface area contributed by atoms with Gasteiger partial charge in [-0.15, -0.1) is 0 Å². The molecule has 0 unspecified atom stereocenters. The second-order valence-corrected chi connectivity index (χ2v) is 8.39. The van der Waals surface area contributed by atoms with Gasteiger partial charge in [-0.05, 0) is 36.2 Å². The van der Waals surface area contributed by atoms with Gasteiger partial charge in [-0.1, -0.05) is 18.2 Å². The third-order valence-electron chi connectivity index (χ3n) is 6.33. The quantitative estimate of drug-likeness (QED) is 0.473. The van der Waals surface area contributed by atoms with Gasteiger partial charge in [-0.2, -0.15) is 10.4 Å². The number of benzene rings is 2. The molecule has 7 nitrogen and oxygen atoms in total. The van der Waals surface area contributed by atoms with Crippen molar-refractivity contribution in [3.8, 4) is 22.9 Å². The number of hydrogen-bond acceptors (Lipinski definition) is 6. The van der Waals surface area contributed by atoms with Gasteiger partial charge < -0.3 is 15.0 Å². The first kappa shape index (κ1) is 21.9. The predicted molar refractivity (Wildman–Crippen MR) is 130 cm³/mol. The Labute approximate surface area is 197 Å². The number of pyridine rings is 1. The maximum atomic E-state index is 14.7. The second-order valence-electron chi connectivity index (χ2n) is 8.39. The molecule has 1 aliphatic rings. The molecule has 1 saturated heterocycles. The summed E-state index contributed by atoms with van der Waals surface area (Å²) < 4.78 is 19.8. The normalized spacial score (nSPS) is 13.8. The highest BCUT2D eigenvalue weighted by Gasteiger charge is 2.21. The number of nitrogens with zero attached hydrogens (tertiary/aromatic N) is 4. The Bertz CT molecular complexity index is 1380. The Hall–Kier alpha value is -3.96. The largest absolute Gasteiger partial charge is 0.497 e. The molecule has 1 aliphatic heterocycles. The van der Waals surface area contributed by atoms with Crippen LogP contribution in [0, 0.1) is 24.1 Å². The van der Waals surface area contributed by atoms with E-state index < -0.39 is 5.82 Å². The zero-order valence-electron chi connectivity index (χ0n) is 19.2. The van der Waals surface area contributed by atoms with Crippen LogP contribution in [-0.2, 0) is 6.42 Å². The van der Waals surface area contributed by atoms with Gasteiger partial charge in [-0.3, -0.25) is 5.10 Å². The van der Waals surface area contributed by atoms with E-state index in [4.69, 9.17) is 4.74 Å². The smallest absolute Gasteiger partial charge is 0.182 e. The number of methoxy groups -OCH3 is 1. The van der Waals surface area contributed by atoms with Crippen molar-refractivity contribution < 1.29 is 9.13 Å². The van der Waals surface area contributed by atoms with Crippen LogP contribution in [0.3, 0.4) is 0 Å². The summed E-state index contributed by atoms with van der Waals surface area (Å²) in [6.45, 7) is 5.76. The van der Waals surface area contributed by atoms with Gasteiger partial charge in [-0.25, -0.2) is 9.37 Å². The molecule has 8 heteroatoms. The van der Waals surface area contributed by atoms with E-state index >= 15 is 0 Å². The third-order valence-corrected chi connectivity index (χ3v) is 6.33. The second kappa shape index (κ2) is 9.12. The van der Waals surface area contributed by atoms with Gasteiger partial charge in [0.1, 0.15) is 17.6 Å². The Morgan fingerprint density at radius 3 is 2.59 bits per heavy atom. The first-order valence-electron chi connectivity index (χ1n) is 11.2. The molecule has 0 bridgehead atoms. The first-order chi connectivity index (χ1) is 16.6. The summed E-state index contributed by atoms with van der Waals surface area (Å²) in [5.74, 6) is 0.0450. The Morgan fingerprint density at radius 1 is 1.15 bits per heavy atom. The first-order valence-corrected chi connectivity index (χ1v) is 11.2. The van der Waals surface area contributed by atoms with Crippen LogP contribution in [0.5, 0.6) is 5.75 Å². The molecule has 5 rings (SSSR count). The van der Waals surface area contributed by atoms with Gasteiger partial charge in [0.05, 0.1) is 23.8 Å². The highest BCUT2D eigenvalue weighted by atomic mass is 19.1. The van der Waals surface area contributed by atoms with Crippen molar-refractivity contribution in [3.05, 3.63) is 70.8 Å². The number of rotatable bonds is 5. The Balaban J connectivity index is 1.61. The Kier molecular flexibility index (Phi) is 5.86. The van der Waals surface area contributed by atoms with Gasteiger partial charge in [0.2, 0.25) is 0 Å². The summed E-state index contributed by atoms with van der Waals surface area (Å²) in [5.41, 5.74) is 5.55. The van der Waals surface area contributed by atoms with E-state index in [-0.39, 0.29) is 6.42 Å². The van der Waals surface area contributed by atoms with Gasteiger partial charge in [0.15, 0.2) is 5.65 Å². The van der Waals surface area contributed by atoms with E-state index in [1.807, 2.05) is 19.1 Å². The molecule has 1 fully saturated rings. The van der Waals surface area contributed by atoms with Gasteiger partial charge in [0.25, 0.3) is 0 Å². The highest BCUT2D eigenvalue weighted by Crippen LogP contribution is 2.36. The lowest BCUT2D eigenvalue weighted by Gasteiger charge is -2.29. The van der Waals surface area contributed by atoms with Crippen molar-refractivity contribution in [3.63, 3.8) is 0 Å². The van der Waals surface area contributed by atoms with Crippen LogP contribution in [0.25, 0.3) is 22.2 Å². The molecule has 2 N–H and O–H groups in total. The maximum Gasteiger partial charge on any atom is 0.182 e. The minimum atomic E-state index is -0.398. The van der Waals surface area contributed by atoms with Crippen LogP contribution in [0.2, 0.25) is 0 Å². The summed E-state index contributed by atoms with van der Waals surface area (Å²) in [6.07, 6.45) is 0.173. The number of nitriles is 1. The van der Waals surface area contributed by atoms with Crippen molar-refractivity contribution in [1.29, 1.82) is 5.26 Å². The number of nitrogens with one attached hydrogen (secondary N) is 2. The molecular formula is C26H25FN6O. The van der Waals surface area contributed by atoms with E-state index in [1.54, 1.807) is 12.1 Å². The molecule has 0 aliphatic carbocycles. The monoisotopic (exact) mass is 456 g/mol. The number of hydrogen-bond donors (Lipinski definition) is 2. The number of aryl methyl sites for hydroxylation is 1. The molecule has 0 saturated carbocycles. The summed E-state index contributed by atoms with van der Waals surface area (Å²) in [5, 5.41) is 21.7. The number of ether oxygens (including phenoxy) is 1. The third kappa shape index (κ3) is 3.95. The molecule has 4 aromatic rings. The number of H-pyrrole nitrogens is 1. The average molecular weight is 457 g/mol. The fraction of sp³-hybridized carbons (Fsp3) is 0.269. The van der Waals surface area contributed by atoms with Crippen molar-refractivity contribution in [2.45, 2.75) is 13.3 Å². The standard InChI is InChI=1S/C26H25FN6O/c1-16-24-25(17-3-6-19(7-4-17)33-11-9-29-10-12-33)21(15-28)23(30-26(24)32-31-16)13-18-5-8-20(34-2)14-22(18)27/h3-8,14,29H,9-13H2,1-2H3,(H,30,31,32). The lowest BCUT2D eigenvalue weighted by Crippen LogP contribution is -2.43. The number of halogens is 1. The average Bonchev–Trinajstić information content (AvgIpc) is 3.25. The van der Waals surface area contributed by atoms with Gasteiger partial charge in [0, 0.05) is 55.6 Å². The number of piperazine rings is 1. The topological polar surface area (TPSA) is 89.9 Å². The van der Waals surface area contributed by atoms with Gasteiger partial charge >= 0.3 is 0 Å². The molecule has 3 heterocycles. The molecule has 0 radical (unpaired) electrons. The van der Waals surface area contributed by atoms with Crippen molar-refractivity contribution in [2.75, 3.05) is 38.2 Å². The van der Waals surface area contributed by atoms with Crippen LogP contribution in [0.1, 0.15) is 22.5 Å². The molecule has 2 aromatic heterocycles. The predicted octanol–water partition coefficient (Wildman–Crippen LogP) is 3.95. The number of anilines is 1. The fourth-order valence-electron chi connectivity index (χ4n) is 4.53. The number of aromatic nitrogens is 3. The summed E-state index contributed by atoms with van der Waals surface area (Å²) in [4.78, 5) is 6.99. The van der Waals surface area contributed by atoms with E-state index in [9.17, 15) is 9.65 Å². The summed E-state index contributed by atoms with van der Waals surface area (Å²) in [6, 6.07) is 15.3.